The largest absolute Gasteiger partial charge is 0.440 e. The Morgan fingerprint density at radius 2 is 1.81 bits per heavy atom. The first-order valence-corrected chi connectivity index (χ1v) is 11.7. The Morgan fingerprint density at radius 1 is 1.19 bits per heavy atom. The number of nitrogens with zero attached hydrogens (tertiary/aromatic N) is 1. The van der Waals surface area contributed by atoms with Gasteiger partial charge in [-0.3, -0.25) is 0 Å². The van der Waals surface area contributed by atoms with E-state index in [1.165, 1.54) is 0 Å². The molecule has 0 heterocycles. The highest BCUT2D eigenvalue weighted by molar-refractivity contribution is 7.82. The third-order valence-corrected chi connectivity index (χ3v) is 4.38. The third-order valence-electron chi connectivity index (χ3n) is 2.28. The van der Waals surface area contributed by atoms with Gasteiger partial charge in [-0.25, -0.2) is 0 Å². The molecule has 0 N–H and O–H groups in total. The molecule has 21 heavy (non-hydrogen) atoms. The molecule has 0 radical (unpaired) electrons. The molecular formula is C17H24NOSSi-. The number of hydrogen-bond donors (Lipinski definition) is 0. The van der Waals surface area contributed by atoms with Crippen LogP contribution < -0.4 is 0 Å². The molecule has 4 heteroatoms. The predicted molar refractivity (Wildman–Crippen MR) is 97.8 cm³/mol. The second-order valence-corrected chi connectivity index (χ2v) is 12.8. The van der Waals surface area contributed by atoms with Crippen LogP contribution in [0.5, 0.6) is 0 Å². The van der Waals surface area contributed by atoms with Crippen LogP contribution in [0.1, 0.15) is 31.9 Å². The highest BCUT2D eigenvalue weighted by Crippen LogP contribution is 2.09. The lowest BCUT2D eigenvalue weighted by molar-refractivity contribution is 0.595. The van der Waals surface area contributed by atoms with Crippen LogP contribution >= 0.6 is 0 Å². The molecule has 0 saturated carbocycles. The number of benzene rings is 1. The SMILES string of the molecule is CC(C)(C)C=[S-](=O)N=Cc1ccccc1C#C[Si](C)(C)C. The van der Waals surface area contributed by atoms with Crippen molar-refractivity contribution >= 4 is 30.2 Å². The fourth-order valence-corrected chi connectivity index (χ4v) is 2.81. The van der Waals surface area contributed by atoms with Gasteiger partial charge in [-0.05, 0) is 11.5 Å². The van der Waals surface area contributed by atoms with Gasteiger partial charge in [0.2, 0.25) is 0 Å². The fourth-order valence-electron chi connectivity index (χ4n) is 1.42. The van der Waals surface area contributed by atoms with Crippen LogP contribution in [0.25, 0.3) is 0 Å². The Kier molecular flexibility index (Phi) is 6.00. The summed E-state index contributed by atoms with van der Waals surface area (Å²) in [7, 11) is -2.73. The zero-order valence-electron chi connectivity index (χ0n) is 13.7. The van der Waals surface area contributed by atoms with Crippen molar-refractivity contribution < 1.29 is 4.21 Å². The molecule has 0 fully saturated rings. The van der Waals surface area contributed by atoms with Gasteiger partial charge in [-0.15, -0.1) is 5.54 Å². The number of hydrogen-bond acceptors (Lipinski definition) is 2. The minimum atomic E-state index is -1.41. The second kappa shape index (κ2) is 7.10. The highest BCUT2D eigenvalue weighted by atomic mass is 32.2. The van der Waals surface area contributed by atoms with Gasteiger partial charge >= 0.3 is 0 Å². The summed E-state index contributed by atoms with van der Waals surface area (Å²) < 4.78 is 16.0. The van der Waals surface area contributed by atoms with Crippen LogP contribution in [-0.2, 0) is 14.8 Å². The van der Waals surface area contributed by atoms with Gasteiger partial charge in [0.05, 0.1) is 0 Å². The summed E-state index contributed by atoms with van der Waals surface area (Å²) in [5, 5.41) is 1.74. The average molecular weight is 319 g/mol. The molecular weight excluding hydrogens is 294 g/mol. The second-order valence-electron chi connectivity index (χ2n) is 7.08. The lowest BCUT2D eigenvalue weighted by Crippen LogP contribution is -2.16. The molecule has 0 aliphatic rings. The quantitative estimate of drug-likeness (QED) is 0.266. The van der Waals surface area contributed by atoms with Gasteiger partial charge < -0.3 is 8.61 Å². The van der Waals surface area contributed by atoms with Crippen molar-refractivity contribution in [2.24, 2.45) is 9.81 Å². The van der Waals surface area contributed by atoms with Crippen molar-refractivity contribution in [3.05, 3.63) is 35.4 Å². The van der Waals surface area contributed by atoms with Crippen LogP contribution in [0.15, 0.2) is 28.7 Å². The van der Waals surface area contributed by atoms with Gasteiger partial charge in [-0.1, -0.05) is 64.5 Å². The van der Waals surface area contributed by atoms with Crippen molar-refractivity contribution in [3.8, 4) is 11.5 Å². The van der Waals surface area contributed by atoms with Gasteiger partial charge in [0.25, 0.3) is 0 Å². The predicted octanol–water partition coefficient (Wildman–Crippen LogP) is 4.06. The fraction of sp³-hybridized carbons (Fsp3) is 0.412. The maximum Gasteiger partial charge on any atom is 0.129 e. The normalized spacial score (nSPS) is 14.0. The zero-order valence-corrected chi connectivity index (χ0v) is 15.5. The van der Waals surface area contributed by atoms with E-state index in [4.69, 9.17) is 0 Å². The summed E-state index contributed by atoms with van der Waals surface area (Å²) in [6.07, 6.45) is 1.66. The minimum Gasteiger partial charge on any atom is -0.440 e. The van der Waals surface area contributed by atoms with E-state index < -0.39 is 18.6 Å². The molecule has 1 aromatic rings. The maximum atomic E-state index is 11.9. The van der Waals surface area contributed by atoms with Crippen molar-refractivity contribution in [1.29, 1.82) is 0 Å². The molecule has 0 aliphatic heterocycles. The molecule has 1 aromatic carbocycles. The minimum absolute atomic E-state index is 0.112. The molecule has 0 atom stereocenters. The van der Waals surface area contributed by atoms with E-state index in [0.717, 1.165) is 11.1 Å². The third kappa shape index (κ3) is 7.89. The maximum absolute atomic E-state index is 11.9. The monoisotopic (exact) mass is 318 g/mol. The van der Waals surface area contributed by atoms with Crippen LogP contribution in [0, 0.1) is 16.9 Å². The molecule has 1 rings (SSSR count). The molecule has 0 aliphatic carbocycles. The summed E-state index contributed by atoms with van der Waals surface area (Å²) in [4.78, 5) is 0. The van der Waals surface area contributed by atoms with Crippen LogP contribution in [0.2, 0.25) is 19.6 Å². The van der Waals surface area contributed by atoms with Crippen molar-refractivity contribution in [2.75, 3.05) is 0 Å². The molecule has 0 bridgehead atoms. The van der Waals surface area contributed by atoms with E-state index in [2.05, 4.69) is 35.5 Å². The van der Waals surface area contributed by atoms with Gasteiger partial charge in [0, 0.05) is 17.3 Å². The van der Waals surface area contributed by atoms with E-state index in [0.29, 0.717) is 0 Å². The first kappa shape index (κ1) is 17.7. The first-order valence-electron chi connectivity index (χ1n) is 7.00. The Balaban J connectivity index is 3.08. The summed E-state index contributed by atoms with van der Waals surface area (Å²) in [5.41, 5.74) is 5.09. The van der Waals surface area contributed by atoms with E-state index in [1.807, 2.05) is 45.0 Å². The molecule has 0 unspecified atom stereocenters. The summed E-state index contributed by atoms with van der Waals surface area (Å²) in [6.45, 7) is 12.7. The molecule has 2 nitrogen and oxygen atoms in total. The van der Waals surface area contributed by atoms with Gasteiger partial charge in [0.15, 0.2) is 0 Å². The van der Waals surface area contributed by atoms with Gasteiger partial charge in [-0.2, -0.15) is 15.9 Å². The van der Waals surface area contributed by atoms with E-state index in [1.54, 1.807) is 11.6 Å². The standard InChI is InChI=1S/C17H24NOSSi/c1-17(2,3)14-20(19)18-13-16-10-8-7-9-15(16)11-12-21(4,5)6/h7-10,13-14H,1-6H3/q-1. The molecule has 114 valence electrons. The Hall–Kier alpha value is -1.31. The van der Waals surface area contributed by atoms with E-state index >= 15 is 0 Å². The number of rotatable bonds is 2. The van der Waals surface area contributed by atoms with Crippen LogP contribution in [0.4, 0.5) is 0 Å². The smallest absolute Gasteiger partial charge is 0.129 e. The molecule has 0 amide bonds. The van der Waals surface area contributed by atoms with Crippen LogP contribution in [0.3, 0.4) is 0 Å². The zero-order chi connectivity index (χ0) is 16.1. The lowest BCUT2D eigenvalue weighted by Gasteiger charge is -2.15. The van der Waals surface area contributed by atoms with E-state index in [9.17, 15) is 4.21 Å². The molecule has 0 aromatic heterocycles. The van der Waals surface area contributed by atoms with Gasteiger partial charge in [0.1, 0.15) is 8.07 Å². The Morgan fingerprint density at radius 3 is 2.38 bits per heavy atom. The van der Waals surface area contributed by atoms with Crippen LogP contribution in [-0.4, -0.2) is 19.7 Å². The van der Waals surface area contributed by atoms with Crippen molar-refractivity contribution in [1.82, 2.24) is 0 Å². The summed E-state index contributed by atoms with van der Waals surface area (Å²) in [6, 6.07) is 7.83. The molecule has 0 spiro atoms. The molecule has 0 saturated heterocycles. The summed E-state index contributed by atoms with van der Waals surface area (Å²) in [5.74, 6) is 3.24. The average Bonchev–Trinajstić information content (AvgIpc) is 2.32. The topological polar surface area (TPSA) is 29.4 Å². The van der Waals surface area contributed by atoms with Crippen molar-refractivity contribution in [3.63, 3.8) is 0 Å². The highest BCUT2D eigenvalue weighted by Gasteiger charge is 2.07. The Bertz CT molecular complexity index is 661. The lowest BCUT2D eigenvalue weighted by atomic mass is 10.0. The van der Waals surface area contributed by atoms with Crippen molar-refractivity contribution in [2.45, 2.75) is 40.4 Å². The Labute approximate surface area is 131 Å². The first-order chi connectivity index (χ1) is 9.57. The van der Waals surface area contributed by atoms with E-state index in [-0.39, 0.29) is 5.41 Å². The summed E-state index contributed by atoms with van der Waals surface area (Å²) >= 11 is 0.